The Morgan fingerprint density at radius 1 is 1.32 bits per heavy atom. The molecule has 0 aliphatic carbocycles. The quantitative estimate of drug-likeness (QED) is 0.838. The van der Waals surface area contributed by atoms with Crippen LogP contribution in [0.15, 0.2) is 29.2 Å². The molecule has 7 heteroatoms. The van der Waals surface area contributed by atoms with Gasteiger partial charge >= 0.3 is 0 Å². The van der Waals surface area contributed by atoms with Crippen molar-refractivity contribution in [1.82, 2.24) is 4.90 Å². The fourth-order valence-corrected chi connectivity index (χ4v) is 2.70. The monoisotopic (exact) mass is 320 g/mol. The van der Waals surface area contributed by atoms with Gasteiger partial charge in [-0.1, -0.05) is 12.1 Å². The van der Waals surface area contributed by atoms with Crippen molar-refractivity contribution in [2.75, 3.05) is 6.54 Å². The average molecular weight is 320 g/mol. The molecule has 3 amide bonds. The van der Waals surface area contributed by atoms with Crippen LogP contribution < -0.4 is 10.5 Å². The van der Waals surface area contributed by atoms with Gasteiger partial charge in [0.05, 0.1) is 11.0 Å². The van der Waals surface area contributed by atoms with Crippen molar-refractivity contribution in [2.24, 2.45) is 5.73 Å². The molecule has 0 aromatic heterocycles. The standard InChI is InChI=1S/C15H16N2O4S/c1-9(2)21-11-5-3-10(4-6-11)7-12-14(19)17(8-13(16)18)15(20)22-12/h3-7,9H,8H2,1-2H3,(H2,16,18)/b12-7-. The molecule has 0 atom stereocenters. The zero-order chi connectivity index (χ0) is 16.3. The highest BCUT2D eigenvalue weighted by Crippen LogP contribution is 2.32. The molecule has 0 unspecified atom stereocenters. The molecule has 116 valence electrons. The van der Waals surface area contributed by atoms with E-state index < -0.39 is 23.6 Å². The van der Waals surface area contributed by atoms with E-state index in [1.165, 1.54) is 0 Å². The van der Waals surface area contributed by atoms with Crippen LogP contribution in [0.4, 0.5) is 4.79 Å². The first-order valence-corrected chi connectivity index (χ1v) is 7.49. The minimum absolute atomic E-state index is 0.0798. The molecule has 1 heterocycles. The van der Waals surface area contributed by atoms with Crippen molar-refractivity contribution < 1.29 is 19.1 Å². The molecule has 1 fully saturated rings. The van der Waals surface area contributed by atoms with Gasteiger partial charge in [0.2, 0.25) is 5.91 Å². The van der Waals surface area contributed by atoms with E-state index in [4.69, 9.17) is 10.5 Å². The molecule has 22 heavy (non-hydrogen) atoms. The number of rotatable bonds is 5. The second kappa shape index (κ2) is 6.65. The van der Waals surface area contributed by atoms with Gasteiger partial charge in [-0.2, -0.15) is 0 Å². The molecule has 2 rings (SSSR count). The number of imide groups is 1. The number of hydrogen-bond donors (Lipinski definition) is 1. The Hall–Kier alpha value is -2.28. The van der Waals surface area contributed by atoms with Crippen LogP contribution in [0.2, 0.25) is 0 Å². The van der Waals surface area contributed by atoms with Gasteiger partial charge in [0.1, 0.15) is 12.3 Å². The lowest BCUT2D eigenvalue weighted by Crippen LogP contribution is -2.36. The molecule has 0 spiro atoms. The van der Waals surface area contributed by atoms with E-state index in [-0.39, 0.29) is 11.0 Å². The first kappa shape index (κ1) is 16.1. The van der Waals surface area contributed by atoms with Gasteiger partial charge in [-0.3, -0.25) is 19.3 Å². The van der Waals surface area contributed by atoms with Gasteiger partial charge in [0.25, 0.3) is 11.1 Å². The number of carbonyl (C=O) groups excluding carboxylic acids is 3. The molecule has 1 aliphatic rings. The van der Waals surface area contributed by atoms with E-state index in [1.54, 1.807) is 30.3 Å². The van der Waals surface area contributed by atoms with Crippen LogP contribution in [0.1, 0.15) is 19.4 Å². The Morgan fingerprint density at radius 2 is 1.95 bits per heavy atom. The number of amides is 3. The SMILES string of the molecule is CC(C)Oc1ccc(/C=C2\SC(=O)N(CC(N)=O)C2=O)cc1. The largest absolute Gasteiger partial charge is 0.491 e. The van der Waals surface area contributed by atoms with Gasteiger partial charge in [0.15, 0.2) is 0 Å². The van der Waals surface area contributed by atoms with Gasteiger partial charge in [-0.15, -0.1) is 0 Å². The van der Waals surface area contributed by atoms with Gasteiger partial charge < -0.3 is 10.5 Å². The topological polar surface area (TPSA) is 89.7 Å². The Balaban J connectivity index is 2.14. The smallest absolute Gasteiger partial charge is 0.294 e. The number of thioether (sulfide) groups is 1. The van der Waals surface area contributed by atoms with Crippen LogP contribution in [0, 0.1) is 0 Å². The maximum atomic E-state index is 12.1. The molecular formula is C15H16N2O4S. The van der Waals surface area contributed by atoms with Crippen LogP contribution in [0.3, 0.4) is 0 Å². The van der Waals surface area contributed by atoms with Gasteiger partial charge in [0, 0.05) is 0 Å². The lowest BCUT2D eigenvalue weighted by molar-refractivity contribution is -0.127. The fraction of sp³-hybridized carbons (Fsp3) is 0.267. The second-order valence-electron chi connectivity index (χ2n) is 4.97. The van der Waals surface area contributed by atoms with Gasteiger partial charge in [-0.05, 0) is 49.4 Å². The molecule has 6 nitrogen and oxygen atoms in total. The third kappa shape index (κ3) is 3.88. The first-order valence-electron chi connectivity index (χ1n) is 6.67. The second-order valence-corrected chi connectivity index (χ2v) is 5.96. The first-order chi connectivity index (χ1) is 10.4. The highest BCUT2D eigenvalue weighted by molar-refractivity contribution is 8.18. The molecule has 0 saturated carbocycles. The Bertz CT molecular complexity index is 637. The molecule has 1 aliphatic heterocycles. The normalized spacial score (nSPS) is 16.7. The fourth-order valence-electron chi connectivity index (χ4n) is 1.86. The Kier molecular flexibility index (Phi) is 4.87. The minimum atomic E-state index is -0.723. The molecule has 0 radical (unpaired) electrons. The Labute approximate surface area is 132 Å². The van der Waals surface area contributed by atoms with Crippen molar-refractivity contribution in [1.29, 1.82) is 0 Å². The van der Waals surface area contributed by atoms with Crippen LogP contribution in [-0.2, 0) is 9.59 Å². The summed E-state index contributed by atoms with van der Waals surface area (Å²) in [4.78, 5) is 35.7. The van der Waals surface area contributed by atoms with Crippen molar-refractivity contribution in [3.05, 3.63) is 34.7 Å². The van der Waals surface area contributed by atoms with E-state index in [9.17, 15) is 14.4 Å². The highest BCUT2D eigenvalue weighted by atomic mass is 32.2. The molecule has 1 saturated heterocycles. The number of nitrogens with two attached hydrogens (primary N) is 1. The number of ether oxygens (including phenoxy) is 1. The summed E-state index contributed by atoms with van der Waals surface area (Å²) in [7, 11) is 0. The summed E-state index contributed by atoms with van der Waals surface area (Å²) in [6.45, 7) is 3.47. The molecule has 2 N–H and O–H groups in total. The van der Waals surface area contributed by atoms with Crippen molar-refractivity contribution in [3.63, 3.8) is 0 Å². The van der Waals surface area contributed by atoms with Gasteiger partial charge in [-0.25, -0.2) is 0 Å². The van der Waals surface area contributed by atoms with Crippen LogP contribution >= 0.6 is 11.8 Å². The lowest BCUT2D eigenvalue weighted by Gasteiger charge is -2.09. The predicted molar refractivity (Wildman–Crippen MR) is 84.1 cm³/mol. The molecular weight excluding hydrogens is 304 g/mol. The lowest BCUT2D eigenvalue weighted by atomic mass is 10.2. The van der Waals surface area contributed by atoms with E-state index in [0.717, 1.165) is 28.0 Å². The maximum Gasteiger partial charge on any atom is 0.294 e. The zero-order valence-corrected chi connectivity index (χ0v) is 13.1. The third-order valence-electron chi connectivity index (χ3n) is 2.74. The van der Waals surface area contributed by atoms with E-state index in [0.29, 0.717) is 0 Å². The maximum absolute atomic E-state index is 12.1. The van der Waals surface area contributed by atoms with E-state index in [2.05, 4.69) is 0 Å². The molecule has 1 aromatic carbocycles. The number of benzene rings is 1. The summed E-state index contributed by atoms with van der Waals surface area (Å²) < 4.78 is 5.53. The summed E-state index contributed by atoms with van der Waals surface area (Å²) in [5.74, 6) is -0.496. The number of nitrogens with zero attached hydrogens (tertiary/aromatic N) is 1. The van der Waals surface area contributed by atoms with Crippen molar-refractivity contribution in [3.8, 4) is 5.75 Å². The minimum Gasteiger partial charge on any atom is -0.491 e. The van der Waals surface area contributed by atoms with Crippen molar-refractivity contribution >= 4 is 34.9 Å². The summed E-state index contributed by atoms with van der Waals surface area (Å²) in [6.07, 6.45) is 1.68. The molecule has 0 bridgehead atoms. The van der Waals surface area contributed by atoms with Crippen LogP contribution in [0.25, 0.3) is 6.08 Å². The summed E-state index contributed by atoms with van der Waals surface area (Å²) in [5.41, 5.74) is 5.79. The number of hydrogen-bond acceptors (Lipinski definition) is 5. The number of primary amides is 1. The van der Waals surface area contributed by atoms with Crippen LogP contribution in [-0.4, -0.2) is 34.6 Å². The zero-order valence-electron chi connectivity index (χ0n) is 12.2. The average Bonchev–Trinajstić information content (AvgIpc) is 2.68. The van der Waals surface area contributed by atoms with Crippen LogP contribution in [0.5, 0.6) is 5.75 Å². The molecule has 1 aromatic rings. The van der Waals surface area contributed by atoms with E-state index in [1.807, 2.05) is 13.8 Å². The summed E-state index contributed by atoms with van der Waals surface area (Å²) in [6, 6.07) is 7.17. The summed E-state index contributed by atoms with van der Waals surface area (Å²) >= 11 is 0.793. The highest BCUT2D eigenvalue weighted by Gasteiger charge is 2.35. The predicted octanol–water partition coefficient (Wildman–Crippen LogP) is 2.00. The number of carbonyl (C=O) groups is 3. The van der Waals surface area contributed by atoms with Crippen molar-refractivity contribution in [2.45, 2.75) is 20.0 Å². The Morgan fingerprint density at radius 3 is 2.50 bits per heavy atom. The van der Waals surface area contributed by atoms with E-state index >= 15 is 0 Å². The third-order valence-corrected chi connectivity index (χ3v) is 3.64. The summed E-state index contributed by atoms with van der Waals surface area (Å²) in [5, 5.41) is -0.491.